The number of para-hydroxylation sites is 1. The van der Waals surface area contributed by atoms with Gasteiger partial charge in [0.15, 0.2) is 0 Å². The first-order valence-corrected chi connectivity index (χ1v) is 7.23. The summed E-state index contributed by atoms with van der Waals surface area (Å²) in [6.07, 6.45) is -3.54. The molecule has 1 N–H and O–H groups in total. The summed E-state index contributed by atoms with van der Waals surface area (Å²) in [5, 5.41) is 4.18. The monoisotopic (exact) mass is 349 g/mol. The Bertz CT molecular complexity index is 1050. The molecule has 0 unspecified atom stereocenters. The summed E-state index contributed by atoms with van der Waals surface area (Å²) < 4.78 is 39.8. The average molecular weight is 349 g/mol. The zero-order chi connectivity index (χ0) is 17.3. The number of benzene rings is 2. The molecule has 3 aromatic rings. The zero-order valence-electron chi connectivity index (χ0n) is 12.0. The van der Waals surface area contributed by atoms with E-state index in [4.69, 9.17) is 12.2 Å². The van der Waals surface area contributed by atoms with E-state index in [1.54, 1.807) is 24.3 Å². The van der Waals surface area contributed by atoms with Crippen molar-refractivity contribution >= 4 is 29.3 Å². The Labute approximate surface area is 138 Å². The van der Waals surface area contributed by atoms with E-state index in [-0.39, 0.29) is 10.3 Å². The fourth-order valence-corrected chi connectivity index (χ4v) is 2.49. The van der Waals surface area contributed by atoms with Gasteiger partial charge in [0.05, 0.1) is 22.7 Å². The molecule has 4 nitrogen and oxygen atoms in total. The Kier molecular flexibility index (Phi) is 4.06. The van der Waals surface area contributed by atoms with Crippen molar-refractivity contribution in [1.29, 1.82) is 0 Å². The highest BCUT2D eigenvalue weighted by Crippen LogP contribution is 2.31. The number of aromatic amines is 1. The molecule has 0 radical (unpaired) electrons. The zero-order valence-corrected chi connectivity index (χ0v) is 12.9. The van der Waals surface area contributed by atoms with Gasteiger partial charge in [-0.25, -0.2) is 0 Å². The van der Waals surface area contributed by atoms with Gasteiger partial charge >= 0.3 is 6.18 Å². The van der Waals surface area contributed by atoms with E-state index in [1.807, 2.05) is 0 Å². The SMILES string of the molecule is O=c1c2ccccc2[nH]c(=S)n1/N=C\c1ccccc1C(F)(F)F. The van der Waals surface area contributed by atoms with E-state index >= 15 is 0 Å². The molecule has 8 heteroatoms. The van der Waals surface area contributed by atoms with Crippen LogP contribution in [0.15, 0.2) is 58.4 Å². The Morgan fingerprint density at radius 1 is 1.08 bits per heavy atom. The van der Waals surface area contributed by atoms with Gasteiger partial charge in [-0.15, -0.1) is 0 Å². The molecule has 3 rings (SSSR count). The van der Waals surface area contributed by atoms with Crippen LogP contribution in [0.4, 0.5) is 13.2 Å². The van der Waals surface area contributed by atoms with Crippen LogP contribution in [0.3, 0.4) is 0 Å². The van der Waals surface area contributed by atoms with Crippen molar-refractivity contribution in [1.82, 2.24) is 9.66 Å². The molecule has 1 aromatic heterocycles. The van der Waals surface area contributed by atoms with E-state index in [0.717, 1.165) is 17.0 Å². The average Bonchev–Trinajstić information content (AvgIpc) is 2.54. The summed E-state index contributed by atoms with van der Waals surface area (Å²) in [4.78, 5) is 15.2. The molecule has 0 atom stereocenters. The van der Waals surface area contributed by atoms with Crippen molar-refractivity contribution in [2.75, 3.05) is 0 Å². The van der Waals surface area contributed by atoms with Crippen LogP contribution >= 0.6 is 12.2 Å². The minimum Gasteiger partial charge on any atom is -0.330 e. The van der Waals surface area contributed by atoms with E-state index in [9.17, 15) is 18.0 Å². The molecule has 0 aliphatic heterocycles. The summed E-state index contributed by atoms with van der Waals surface area (Å²) in [7, 11) is 0. The maximum Gasteiger partial charge on any atom is 0.417 e. The van der Waals surface area contributed by atoms with Crippen molar-refractivity contribution < 1.29 is 13.2 Å². The Balaban J connectivity index is 2.14. The number of H-pyrrole nitrogens is 1. The van der Waals surface area contributed by atoms with Crippen LogP contribution in [0, 0.1) is 4.77 Å². The lowest BCUT2D eigenvalue weighted by Gasteiger charge is -2.09. The number of halogens is 3. The van der Waals surface area contributed by atoms with E-state index in [1.165, 1.54) is 18.2 Å². The summed E-state index contributed by atoms with van der Waals surface area (Å²) in [6.45, 7) is 0. The number of alkyl halides is 3. The first kappa shape index (κ1) is 16.1. The van der Waals surface area contributed by atoms with Gasteiger partial charge in [-0.2, -0.15) is 22.9 Å². The summed E-state index contributed by atoms with van der Waals surface area (Å²) in [6, 6.07) is 11.6. The number of hydrogen-bond donors (Lipinski definition) is 1. The third-order valence-corrected chi connectivity index (χ3v) is 3.64. The van der Waals surface area contributed by atoms with Crippen LogP contribution in [-0.2, 0) is 6.18 Å². The Morgan fingerprint density at radius 2 is 1.75 bits per heavy atom. The van der Waals surface area contributed by atoms with Crippen LogP contribution in [0.25, 0.3) is 10.9 Å². The maximum absolute atomic E-state index is 13.0. The van der Waals surface area contributed by atoms with Gasteiger partial charge in [-0.3, -0.25) is 4.79 Å². The molecule has 0 fully saturated rings. The first-order chi connectivity index (χ1) is 11.4. The molecular weight excluding hydrogens is 339 g/mol. The predicted octanol–water partition coefficient (Wildman–Crippen LogP) is 3.96. The molecule has 0 saturated heterocycles. The van der Waals surface area contributed by atoms with Crippen LogP contribution in [0.1, 0.15) is 11.1 Å². The van der Waals surface area contributed by atoms with Gasteiger partial charge in [0, 0.05) is 5.56 Å². The van der Waals surface area contributed by atoms with Gasteiger partial charge in [0.2, 0.25) is 4.77 Å². The molecule has 0 spiro atoms. The minimum absolute atomic E-state index is 0.000519. The lowest BCUT2D eigenvalue weighted by Crippen LogP contribution is -2.19. The minimum atomic E-state index is -4.51. The maximum atomic E-state index is 13.0. The molecule has 0 aliphatic rings. The molecule has 122 valence electrons. The first-order valence-electron chi connectivity index (χ1n) is 6.82. The van der Waals surface area contributed by atoms with Gasteiger partial charge in [0.1, 0.15) is 0 Å². The van der Waals surface area contributed by atoms with Crippen LogP contribution in [0.2, 0.25) is 0 Å². The number of rotatable bonds is 2. The second kappa shape index (κ2) is 6.04. The third-order valence-electron chi connectivity index (χ3n) is 3.36. The summed E-state index contributed by atoms with van der Waals surface area (Å²) >= 11 is 5.06. The van der Waals surface area contributed by atoms with Crippen molar-refractivity contribution in [3.05, 3.63) is 74.8 Å². The molecule has 0 bridgehead atoms. The lowest BCUT2D eigenvalue weighted by molar-refractivity contribution is -0.137. The normalized spacial score (nSPS) is 12.1. The number of fused-ring (bicyclic) bond motifs is 1. The number of nitrogens with one attached hydrogen (secondary N) is 1. The van der Waals surface area contributed by atoms with Gasteiger partial charge in [-0.1, -0.05) is 30.3 Å². The molecular formula is C16H10F3N3OS. The fraction of sp³-hybridized carbons (Fsp3) is 0.0625. The quantitative estimate of drug-likeness (QED) is 0.562. The highest BCUT2D eigenvalue weighted by atomic mass is 32.1. The van der Waals surface area contributed by atoms with Gasteiger partial charge in [0.25, 0.3) is 5.56 Å². The van der Waals surface area contributed by atoms with Crippen molar-refractivity contribution in [2.24, 2.45) is 5.10 Å². The van der Waals surface area contributed by atoms with E-state index in [0.29, 0.717) is 10.9 Å². The van der Waals surface area contributed by atoms with E-state index < -0.39 is 17.3 Å². The molecule has 0 saturated carbocycles. The van der Waals surface area contributed by atoms with Crippen molar-refractivity contribution in [3.63, 3.8) is 0 Å². The molecule has 0 aliphatic carbocycles. The largest absolute Gasteiger partial charge is 0.417 e. The van der Waals surface area contributed by atoms with Crippen LogP contribution in [-0.4, -0.2) is 15.9 Å². The topological polar surface area (TPSA) is 50.1 Å². The number of hydrogen-bond acceptors (Lipinski definition) is 3. The fourth-order valence-electron chi connectivity index (χ4n) is 2.25. The van der Waals surface area contributed by atoms with Gasteiger partial charge < -0.3 is 4.98 Å². The van der Waals surface area contributed by atoms with Crippen LogP contribution < -0.4 is 5.56 Å². The van der Waals surface area contributed by atoms with E-state index in [2.05, 4.69) is 10.1 Å². The summed E-state index contributed by atoms with van der Waals surface area (Å²) in [5.41, 5.74) is -0.957. The molecule has 1 heterocycles. The highest BCUT2D eigenvalue weighted by Gasteiger charge is 2.32. The van der Waals surface area contributed by atoms with Crippen LogP contribution in [0.5, 0.6) is 0 Å². The lowest BCUT2D eigenvalue weighted by atomic mass is 10.1. The molecule has 0 amide bonds. The molecule has 24 heavy (non-hydrogen) atoms. The van der Waals surface area contributed by atoms with Gasteiger partial charge in [-0.05, 0) is 30.4 Å². The second-order valence-corrected chi connectivity index (χ2v) is 5.31. The third kappa shape index (κ3) is 3.00. The standard InChI is InChI=1S/C16H10F3N3OS/c17-16(18,19)12-7-3-1-5-10(12)9-20-22-14(23)11-6-2-4-8-13(11)21-15(22)24/h1-9H,(H,21,24)/b20-9-. The summed E-state index contributed by atoms with van der Waals surface area (Å²) in [5.74, 6) is 0. The Hall–Kier alpha value is -2.74. The predicted molar refractivity (Wildman–Crippen MR) is 87.8 cm³/mol. The van der Waals surface area contributed by atoms with Crippen molar-refractivity contribution in [2.45, 2.75) is 6.18 Å². The smallest absolute Gasteiger partial charge is 0.330 e. The number of nitrogens with zero attached hydrogens (tertiary/aromatic N) is 2. The highest BCUT2D eigenvalue weighted by molar-refractivity contribution is 7.71. The number of aromatic nitrogens is 2. The Morgan fingerprint density at radius 3 is 2.50 bits per heavy atom. The second-order valence-electron chi connectivity index (χ2n) is 4.92. The molecule has 2 aromatic carbocycles. The van der Waals surface area contributed by atoms with Crippen molar-refractivity contribution in [3.8, 4) is 0 Å².